The monoisotopic (exact) mass is 736 g/mol. The van der Waals surface area contributed by atoms with Gasteiger partial charge in [-0.15, -0.1) is 11.8 Å². The minimum absolute atomic E-state index is 0.0704. The van der Waals surface area contributed by atoms with E-state index in [-0.39, 0.29) is 24.3 Å². The van der Waals surface area contributed by atoms with Gasteiger partial charge >= 0.3 is 5.97 Å². The molecule has 0 fully saturated rings. The number of methoxy groups -OCH3 is 1. The summed E-state index contributed by atoms with van der Waals surface area (Å²) in [5, 5.41) is 1.69. The number of rotatable bonds is 14. The Hall–Kier alpha value is -4.34. The summed E-state index contributed by atoms with van der Waals surface area (Å²) < 4.78 is 37.2. The van der Waals surface area contributed by atoms with Crippen LogP contribution >= 0.6 is 23.4 Å². The van der Waals surface area contributed by atoms with Crippen molar-refractivity contribution in [1.82, 2.24) is 9.29 Å². The summed E-state index contributed by atoms with van der Waals surface area (Å²) in [5.41, 5.74) is 8.75. The van der Waals surface area contributed by atoms with Gasteiger partial charge in [-0.05, 0) is 96.1 Å². The Kier molecular flexibility index (Phi) is 11.7. The van der Waals surface area contributed by atoms with E-state index < -0.39 is 10.0 Å². The summed E-state index contributed by atoms with van der Waals surface area (Å²) in [6, 6.07) is 40.0. The largest absolute Gasteiger partial charge is 0.465 e. The second-order valence-electron chi connectivity index (χ2n) is 12.6. The van der Waals surface area contributed by atoms with Gasteiger partial charge in [0, 0.05) is 45.2 Å². The van der Waals surface area contributed by atoms with Crippen molar-refractivity contribution < 1.29 is 17.9 Å². The Morgan fingerprint density at radius 2 is 1.43 bits per heavy atom. The van der Waals surface area contributed by atoms with Gasteiger partial charge in [0.15, 0.2) is 0 Å². The van der Waals surface area contributed by atoms with E-state index in [1.807, 2.05) is 68.4 Å². The summed E-state index contributed by atoms with van der Waals surface area (Å²) in [6.45, 7) is 4.14. The zero-order valence-corrected chi connectivity index (χ0v) is 31.3. The number of aryl methyl sites for hydroxylation is 3. The number of hydrogen-bond donors (Lipinski definition) is 1. The number of halogens is 1. The van der Waals surface area contributed by atoms with Gasteiger partial charge in [0.1, 0.15) is 0 Å². The Labute approximate surface area is 309 Å². The fraction of sp³-hybridized carbons (Fsp3) is 0.214. The number of sulfonamides is 1. The highest BCUT2D eigenvalue weighted by molar-refractivity contribution is 7.99. The predicted molar refractivity (Wildman–Crippen MR) is 210 cm³/mol. The molecule has 5 aromatic carbocycles. The molecule has 1 heterocycles. The number of fused-ring (bicyclic) bond motifs is 1. The number of thioether (sulfide) groups is 1. The molecule has 6 aromatic rings. The number of benzene rings is 5. The van der Waals surface area contributed by atoms with Crippen molar-refractivity contribution in [1.29, 1.82) is 0 Å². The van der Waals surface area contributed by atoms with Crippen LogP contribution in [0.5, 0.6) is 0 Å². The molecule has 0 aliphatic heterocycles. The molecule has 0 atom stereocenters. The van der Waals surface area contributed by atoms with Crippen LogP contribution in [0.2, 0.25) is 5.02 Å². The Morgan fingerprint density at radius 3 is 2.04 bits per heavy atom. The Balaban J connectivity index is 1.39. The second-order valence-corrected chi connectivity index (χ2v) is 16.0. The lowest BCUT2D eigenvalue weighted by Crippen LogP contribution is -2.29. The van der Waals surface area contributed by atoms with Crippen molar-refractivity contribution in [2.45, 2.75) is 43.4 Å². The van der Waals surface area contributed by atoms with Gasteiger partial charge in [-0.1, -0.05) is 90.5 Å². The topological polar surface area (TPSA) is 77.4 Å². The molecule has 0 aliphatic carbocycles. The van der Waals surface area contributed by atoms with Crippen molar-refractivity contribution in [2.24, 2.45) is 0 Å². The van der Waals surface area contributed by atoms with Crippen LogP contribution in [0.15, 0.2) is 126 Å². The average Bonchev–Trinajstić information content (AvgIpc) is 3.42. The molecular formula is C42H41ClN2O4S2. The highest BCUT2D eigenvalue weighted by Gasteiger charge is 2.26. The van der Waals surface area contributed by atoms with Crippen molar-refractivity contribution in [3.05, 3.63) is 171 Å². The van der Waals surface area contributed by atoms with E-state index in [0.717, 1.165) is 60.6 Å². The number of carbonyl (C=O) groups is 1. The lowest BCUT2D eigenvalue weighted by Gasteiger charge is -2.25. The second kappa shape index (κ2) is 16.3. The molecular weight excluding hydrogens is 696 g/mol. The van der Waals surface area contributed by atoms with E-state index in [4.69, 9.17) is 16.3 Å². The Morgan fingerprint density at radius 1 is 0.804 bits per heavy atom. The first-order valence-electron chi connectivity index (χ1n) is 16.9. The van der Waals surface area contributed by atoms with E-state index in [1.165, 1.54) is 7.11 Å². The fourth-order valence-electron chi connectivity index (χ4n) is 6.73. The van der Waals surface area contributed by atoms with Gasteiger partial charge in [-0.2, -0.15) is 0 Å². The Bertz CT molecular complexity index is 2180. The van der Waals surface area contributed by atoms with Gasteiger partial charge in [-0.3, -0.25) is 0 Å². The maximum absolute atomic E-state index is 13.5. The zero-order chi connectivity index (χ0) is 36.0. The van der Waals surface area contributed by atoms with Crippen molar-refractivity contribution in [2.75, 3.05) is 19.4 Å². The highest BCUT2D eigenvalue weighted by atomic mass is 35.5. The number of nitrogens with one attached hydrogen (secondary N) is 1. The molecule has 9 heteroatoms. The zero-order valence-electron chi connectivity index (χ0n) is 28.9. The lowest BCUT2D eigenvalue weighted by atomic mass is 9.97. The van der Waals surface area contributed by atoms with Crippen LogP contribution in [0, 0.1) is 13.8 Å². The van der Waals surface area contributed by atoms with Crippen LogP contribution in [-0.4, -0.2) is 38.4 Å². The third kappa shape index (κ3) is 8.59. The van der Waals surface area contributed by atoms with Crippen LogP contribution in [0.3, 0.4) is 0 Å². The smallest absolute Gasteiger partial charge is 0.337 e. The van der Waals surface area contributed by atoms with Crippen LogP contribution in [0.4, 0.5) is 0 Å². The minimum atomic E-state index is -3.62. The molecule has 6 rings (SSSR count). The third-order valence-corrected chi connectivity index (χ3v) is 11.8. The summed E-state index contributed by atoms with van der Waals surface area (Å²) in [6.07, 6.45) is 1.19. The SMILES string of the molecule is COC(=O)c1ccc(SCCc2c(CCNS(=O)(=O)Cc3c(C)cccc3C)n(C(c3ccccc3)c3ccccc3)c3ccc(Cl)cc23)cc1. The minimum Gasteiger partial charge on any atom is -0.465 e. The first kappa shape index (κ1) is 36.5. The molecule has 0 radical (unpaired) electrons. The van der Waals surface area contributed by atoms with Gasteiger partial charge < -0.3 is 9.30 Å². The molecule has 0 amide bonds. The van der Waals surface area contributed by atoms with E-state index in [2.05, 4.69) is 63.9 Å². The van der Waals surface area contributed by atoms with E-state index in [9.17, 15) is 13.2 Å². The van der Waals surface area contributed by atoms with Crippen LogP contribution < -0.4 is 4.72 Å². The number of carbonyl (C=O) groups excluding carboxylic acids is 1. The third-order valence-electron chi connectivity index (χ3n) is 9.23. The van der Waals surface area contributed by atoms with E-state index in [0.29, 0.717) is 23.4 Å². The number of nitrogens with zero attached hydrogens (tertiary/aromatic N) is 1. The molecule has 0 saturated heterocycles. The molecule has 262 valence electrons. The van der Waals surface area contributed by atoms with Crippen LogP contribution in [0.1, 0.15) is 55.5 Å². The molecule has 6 nitrogen and oxygen atoms in total. The molecule has 1 N–H and O–H groups in total. The quantitative estimate of drug-likeness (QED) is 0.0891. The van der Waals surface area contributed by atoms with Gasteiger partial charge in [0.05, 0.1) is 24.5 Å². The molecule has 0 saturated carbocycles. The normalized spacial score (nSPS) is 11.7. The fourth-order valence-corrected chi connectivity index (χ4v) is 9.12. The number of esters is 1. The van der Waals surface area contributed by atoms with Crippen LogP contribution in [-0.2, 0) is 33.4 Å². The molecule has 1 aromatic heterocycles. The van der Waals surface area contributed by atoms with Crippen LogP contribution in [0.25, 0.3) is 10.9 Å². The first-order valence-corrected chi connectivity index (χ1v) is 19.9. The highest BCUT2D eigenvalue weighted by Crippen LogP contribution is 2.38. The summed E-state index contributed by atoms with van der Waals surface area (Å²) in [7, 11) is -2.24. The standard InChI is InChI=1S/C42H41ClN2O4S2/c1-29-11-10-12-30(2)38(29)28-51(47,48)44-25-23-40-36(24-26-50-35-20-17-33(18-21-35)42(46)49-3)37-27-34(43)19-22-39(37)45(40)41(31-13-6-4-7-14-31)32-15-8-5-9-16-32/h4-22,27,41,44H,23-26,28H2,1-3H3. The molecule has 0 bridgehead atoms. The summed E-state index contributed by atoms with van der Waals surface area (Å²) >= 11 is 8.37. The number of ether oxygens (including phenoxy) is 1. The van der Waals surface area contributed by atoms with Gasteiger partial charge in [-0.25, -0.2) is 17.9 Å². The van der Waals surface area contributed by atoms with Gasteiger partial charge in [0.2, 0.25) is 10.0 Å². The maximum atomic E-state index is 13.5. The van der Waals surface area contributed by atoms with E-state index >= 15 is 0 Å². The van der Waals surface area contributed by atoms with Crippen molar-refractivity contribution >= 4 is 50.3 Å². The molecule has 0 spiro atoms. The lowest BCUT2D eigenvalue weighted by molar-refractivity contribution is 0.0600. The summed E-state index contributed by atoms with van der Waals surface area (Å²) in [5.74, 6) is 0.325. The average molecular weight is 737 g/mol. The molecule has 0 aliphatic rings. The maximum Gasteiger partial charge on any atom is 0.337 e. The molecule has 51 heavy (non-hydrogen) atoms. The number of aromatic nitrogens is 1. The number of hydrogen-bond acceptors (Lipinski definition) is 5. The van der Waals surface area contributed by atoms with Crippen molar-refractivity contribution in [3.63, 3.8) is 0 Å². The first-order chi connectivity index (χ1) is 24.6. The predicted octanol–water partition coefficient (Wildman–Crippen LogP) is 9.33. The summed E-state index contributed by atoms with van der Waals surface area (Å²) in [4.78, 5) is 13.0. The molecule has 0 unspecified atom stereocenters. The van der Waals surface area contributed by atoms with E-state index in [1.54, 1.807) is 23.9 Å². The van der Waals surface area contributed by atoms with Crippen molar-refractivity contribution in [3.8, 4) is 0 Å². The van der Waals surface area contributed by atoms with Gasteiger partial charge in [0.25, 0.3) is 0 Å².